The Morgan fingerprint density at radius 1 is 1.04 bits per heavy atom. The van der Waals surface area contributed by atoms with Crippen molar-refractivity contribution in [3.63, 3.8) is 0 Å². The van der Waals surface area contributed by atoms with Crippen molar-refractivity contribution in [3.8, 4) is 17.2 Å². The van der Waals surface area contributed by atoms with E-state index in [1.807, 2.05) is 38.1 Å². The summed E-state index contributed by atoms with van der Waals surface area (Å²) in [6.07, 6.45) is 0. The lowest BCUT2D eigenvalue weighted by atomic mass is 10.0. The molecule has 5 nitrogen and oxygen atoms in total. The van der Waals surface area contributed by atoms with Gasteiger partial charge in [0.15, 0.2) is 18.1 Å². The fraction of sp³-hybridized carbons (Fsp3) is 0.409. The highest BCUT2D eigenvalue weighted by atomic mass is 16.5. The molecule has 2 aromatic rings. The molecule has 5 heteroatoms. The Labute approximate surface area is 161 Å². The zero-order valence-electron chi connectivity index (χ0n) is 16.8. The first-order valence-electron chi connectivity index (χ1n) is 9.24. The molecule has 0 radical (unpaired) electrons. The maximum Gasteiger partial charge on any atom is 0.258 e. The molecular weight excluding hydrogens is 342 g/mol. The lowest BCUT2D eigenvalue weighted by Gasteiger charge is -2.15. The number of hydrogen-bond donors (Lipinski definition) is 1. The van der Waals surface area contributed by atoms with Crippen LogP contribution in [0.2, 0.25) is 0 Å². The maximum absolute atomic E-state index is 12.2. The highest BCUT2D eigenvalue weighted by Crippen LogP contribution is 2.28. The lowest BCUT2D eigenvalue weighted by Crippen LogP contribution is -2.28. The lowest BCUT2D eigenvalue weighted by molar-refractivity contribution is -0.123. The van der Waals surface area contributed by atoms with Crippen LogP contribution in [0.3, 0.4) is 0 Å². The predicted molar refractivity (Wildman–Crippen MR) is 107 cm³/mol. The molecule has 0 saturated carbocycles. The van der Waals surface area contributed by atoms with Crippen molar-refractivity contribution >= 4 is 5.91 Å². The Balaban J connectivity index is 1.94. The average Bonchev–Trinajstić information content (AvgIpc) is 2.65. The van der Waals surface area contributed by atoms with Gasteiger partial charge in [-0.3, -0.25) is 4.79 Å². The molecule has 27 heavy (non-hydrogen) atoms. The van der Waals surface area contributed by atoms with Gasteiger partial charge in [0.1, 0.15) is 5.75 Å². The fourth-order valence-electron chi connectivity index (χ4n) is 2.74. The molecule has 146 valence electrons. The number of ether oxygens (including phenoxy) is 3. The van der Waals surface area contributed by atoms with Gasteiger partial charge in [0.2, 0.25) is 0 Å². The van der Waals surface area contributed by atoms with Gasteiger partial charge in [-0.2, -0.15) is 0 Å². The van der Waals surface area contributed by atoms with Gasteiger partial charge in [0.05, 0.1) is 13.7 Å². The average molecular weight is 371 g/mol. The number of amides is 1. The first-order chi connectivity index (χ1) is 12.9. The molecule has 1 amide bonds. The second kappa shape index (κ2) is 9.86. The van der Waals surface area contributed by atoms with Crippen LogP contribution >= 0.6 is 0 Å². The van der Waals surface area contributed by atoms with Gasteiger partial charge in [-0.1, -0.05) is 32.0 Å². The summed E-state index contributed by atoms with van der Waals surface area (Å²) in [6.45, 7) is 9.08. The molecule has 0 unspecified atom stereocenters. The Morgan fingerprint density at radius 2 is 1.81 bits per heavy atom. The van der Waals surface area contributed by atoms with Gasteiger partial charge in [-0.05, 0) is 54.7 Å². The SMILES string of the molecule is CCOc1cc(CNC(=O)COc2cc(C)ccc2C(C)C)ccc1OC. The number of rotatable bonds is 9. The molecule has 0 spiro atoms. The summed E-state index contributed by atoms with van der Waals surface area (Å²) in [7, 11) is 1.60. The van der Waals surface area contributed by atoms with Crippen molar-refractivity contribution in [1.82, 2.24) is 5.32 Å². The first-order valence-corrected chi connectivity index (χ1v) is 9.24. The van der Waals surface area contributed by atoms with E-state index < -0.39 is 0 Å². The maximum atomic E-state index is 12.2. The quantitative estimate of drug-likeness (QED) is 0.717. The van der Waals surface area contributed by atoms with Crippen LogP contribution in [0.15, 0.2) is 36.4 Å². The molecule has 0 saturated heterocycles. The molecule has 2 aromatic carbocycles. The van der Waals surface area contributed by atoms with Crippen molar-refractivity contribution < 1.29 is 19.0 Å². The van der Waals surface area contributed by atoms with Crippen LogP contribution in [-0.4, -0.2) is 26.2 Å². The summed E-state index contributed by atoms with van der Waals surface area (Å²) in [6, 6.07) is 11.7. The number of carbonyl (C=O) groups excluding carboxylic acids is 1. The molecule has 0 bridgehead atoms. The van der Waals surface area contributed by atoms with E-state index in [1.165, 1.54) is 0 Å². The Hall–Kier alpha value is -2.69. The van der Waals surface area contributed by atoms with Crippen molar-refractivity contribution in [3.05, 3.63) is 53.1 Å². The van der Waals surface area contributed by atoms with Crippen molar-refractivity contribution in [1.29, 1.82) is 0 Å². The number of methoxy groups -OCH3 is 1. The standard InChI is InChI=1S/C22H29NO4/c1-6-26-21-12-17(8-10-19(21)25-5)13-23-22(24)14-27-20-11-16(4)7-9-18(20)15(2)3/h7-12,15H,6,13-14H2,1-5H3,(H,23,24). The Morgan fingerprint density at radius 3 is 2.48 bits per heavy atom. The smallest absolute Gasteiger partial charge is 0.258 e. The summed E-state index contributed by atoms with van der Waals surface area (Å²) in [4.78, 5) is 12.2. The highest BCUT2D eigenvalue weighted by molar-refractivity contribution is 5.77. The van der Waals surface area contributed by atoms with Gasteiger partial charge in [-0.15, -0.1) is 0 Å². The van der Waals surface area contributed by atoms with Crippen molar-refractivity contribution in [2.45, 2.75) is 40.2 Å². The molecule has 0 aliphatic heterocycles. The van der Waals surface area contributed by atoms with E-state index in [-0.39, 0.29) is 12.5 Å². The van der Waals surface area contributed by atoms with Gasteiger partial charge < -0.3 is 19.5 Å². The third-order valence-electron chi connectivity index (χ3n) is 4.17. The van der Waals surface area contributed by atoms with E-state index in [0.717, 1.165) is 22.4 Å². The predicted octanol–water partition coefficient (Wildman–Crippen LogP) is 4.22. The fourth-order valence-corrected chi connectivity index (χ4v) is 2.74. The number of nitrogens with one attached hydrogen (secondary N) is 1. The summed E-state index contributed by atoms with van der Waals surface area (Å²) in [5.74, 6) is 2.28. The summed E-state index contributed by atoms with van der Waals surface area (Å²) >= 11 is 0. The van der Waals surface area contributed by atoms with Crippen LogP contribution in [0.1, 0.15) is 43.4 Å². The zero-order valence-corrected chi connectivity index (χ0v) is 16.8. The van der Waals surface area contributed by atoms with Gasteiger partial charge >= 0.3 is 0 Å². The molecule has 0 aliphatic carbocycles. The van der Waals surface area contributed by atoms with Gasteiger partial charge in [0, 0.05) is 6.54 Å². The third kappa shape index (κ3) is 5.91. The van der Waals surface area contributed by atoms with Gasteiger partial charge in [0.25, 0.3) is 5.91 Å². The largest absolute Gasteiger partial charge is 0.493 e. The Bertz CT molecular complexity index is 771. The molecule has 1 N–H and O–H groups in total. The minimum atomic E-state index is -0.167. The topological polar surface area (TPSA) is 56.8 Å². The summed E-state index contributed by atoms with van der Waals surface area (Å²) < 4.78 is 16.6. The van der Waals surface area contributed by atoms with Crippen LogP contribution in [0.5, 0.6) is 17.2 Å². The molecule has 0 fully saturated rings. The summed E-state index contributed by atoms with van der Waals surface area (Å²) in [5.41, 5.74) is 3.15. The van der Waals surface area contributed by atoms with E-state index in [1.54, 1.807) is 7.11 Å². The molecule has 0 atom stereocenters. The van der Waals surface area contributed by atoms with E-state index in [9.17, 15) is 4.79 Å². The van der Waals surface area contributed by atoms with E-state index in [4.69, 9.17) is 14.2 Å². The zero-order chi connectivity index (χ0) is 19.8. The molecule has 0 aromatic heterocycles. The van der Waals surface area contributed by atoms with E-state index in [2.05, 4.69) is 31.3 Å². The molecule has 0 heterocycles. The summed E-state index contributed by atoms with van der Waals surface area (Å²) in [5, 5.41) is 2.88. The minimum absolute atomic E-state index is 0.0162. The number of hydrogen-bond acceptors (Lipinski definition) is 4. The van der Waals surface area contributed by atoms with Crippen LogP contribution < -0.4 is 19.5 Å². The second-order valence-electron chi connectivity index (χ2n) is 6.68. The van der Waals surface area contributed by atoms with Crippen LogP contribution in [0.4, 0.5) is 0 Å². The van der Waals surface area contributed by atoms with Crippen LogP contribution in [0, 0.1) is 6.92 Å². The van der Waals surface area contributed by atoms with Crippen molar-refractivity contribution in [2.24, 2.45) is 0 Å². The highest BCUT2D eigenvalue weighted by Gasteiger charge is 2.11. The molecule has 2 rings (SSSR count). The number of aryl methyl sites for hydroxylation is 1. The second-order valence-corrected chi connectivity index (χ2v) is 6.68. The van der Waals surface area contributed by atoms with Crippen molar-refractivity contribution in [2.75, 3.05) is 20.3 Å². The molecule has 0 aliphatic rings. The number of carbonyl (C=O) groups is 1. The van der Waals surface area contributed by atoms with Crippen LogP contribution in [-0.2, 0) is 11.3 Å². The van der Waals surface area contributed by atoms with E-state index in [0.29, 0.717) is 30.6 Å². The van der Waals surface area contributed by atoms with Crippen LogP contribution in [0.25, 0.3) is 0 Å². The minimum Gasteiger partial charge on any atom is -0.493 e. The first kappa shape index (κ1) is 20.6. The number of benzene rings is 2. The Kier molecular flexibility index (Phi) is 7.53. The van der Waals surface area contributed by atoms with E-state index >= 15 is 0 Å². The third-order valence-corrected chi connectivity index (χ3v) is 4.17. The van der Waals surface area contributed by atoms with Gasteiger partial charge in [-0.25, -0.2) is 0 Å². The normalized spacial score (nSPS) is 10.6. The monoisotopic (exact) mass is 371 g/mol. The molecular formula is C22H29NO4.